The van der Waals surface area contributed by atoms with Crippen LogP contribution in [0.25, 0.3) is 0 Å². The van der Waals surface area contributed by atoms with Gasteiger partial charge in [-0.2, -0.15) is 0 Å². The second-order valence-electron chi connectivity index (χ2n) is 6.68. The minimum Gasteiger partial charge on any atom is -0.483 e. The monoisotopic (exact) mass is 368 g/mol. The van der Waals surface area contributed by atoms with E-state index in [1.54, 1.807) is 24.3 Å². The van der Waals surface area contributed by atoms with Crippen molar-refractivity contribution in [2.45, 2.75) is 39.5 Å². The Kier molecular flexibility index (Phi) is 7.86. The first kappa shape index (κ1) is 20.5. The zero-order valence-corrected chi connectivity index (χ0v) is 16.2. The van der Waals surface area contributed by atoms with Gasteiger partial charge in [-0.05, 0) is 36.1 Å². The van der Waals surface area contributed by atoms with Gasteiger partial charge >= 0.3 is 0 Å². The van der Waals surface area contributed by atoms with Crippen LogP contribution in [-0.2, 0) is 4.79 Å². The number of rotatable bonds is 9. The lowest BCUT2D eigenvalue weighted by molar-refractivity contribution is -0.118. The molecule has 0 heterocycles. The number of carbonyl (C=O) groups excluding carboxylic acids is 2. The summed E-state index contributed by atoms with van der Waals surface area (Å²) in [6, 6.07) is 14.7. The van der Waals surface area contributed by atoms with E-state index in [0.29, 0.717) is 29.5 Å². The normalized spacial score (nSPS) is 10.5. The third kappa shape index (κ3) is 6.13. The first-order valence-electron chi connectivity index (χ1n) is 9.41. The molecule has 144 valence electrons. The highest BCUT2D eigenvalue weighted by molar-refractivity contribution is 6.04. The minimum absolute atomic E-state index is 0.116. The van der Waals surface area contributed by atoms with Gasteiger partial charge in [0.25, 0.3) is 11.8 Å². The van der Waals surface area contributed by atoms with Crippen molar-refractivity contribution >= 4 is 17.5 Å². The van der Waals surface area contributed by atoms with Crippen LogP contribution in [0, 0.1) is 0 Å². The van der Waals surface area contributed by atoms with Crippen molar-refractivity contribution in [1.29, 1.82) is 0 Å². The van der Waals surface area contributed by atoms with Gasteiger partial charge in [-0.25, -0.2) is 0 Å². The molecule has 2 aromatic carbocycles. The second kappa shape index (κ2) is 10.4. The molecule has 2 rings (SSSR count). The van der Waals surface area contributed by atoms with Crippen LogP contribution in [0.1, 0.15) is 55.5 Å². The lowest BCUT2D eigenvalue weighted by atomic mass is 10.0. The maximum absolute atomic E-state index is 12.3. The number of carbonyl (C=O) groups is 2. The van der Waals surface area contributed by atoms with E-state index >= 15 is 0 Å². The first-order valence-corrected chi connectivity index (χ1v) is 9.41. The smallest absolute Gasteiger partial charge is 0.262 e. The topological polar surface area (TPSA) is 67.4 Å². The average Bonchev–Trinajstić information content (AvgIpc) is 2.67. The molecule has 0 aliphatic rings. The first-order chi connectivity index (χ1) is 13.0. The van der Waals surface area contributed by atoms with E-state index in [9.17, 15) is 9.59 Å². The summed E-state index contributed by atoms with van der Waals surface area (Å²) in [6.45, 7) is 6.73. The van der Waals surface area contributed by atoms with Crippen molar-refractivity contribution in [3.63, 3.8) is 0 Å². The summed E-state index contributed by atoms with van der Waals surface area (Å²) in [5.74, 6) is 0.512. The molecule has 0 unspecified atom stereocenters. The van der Waals surface area contributed by atoms with Crippen LogP contribution in [0.3, 0.4) is 0 Å². The van der Waals surface area contributed by atoms with Gasteiger partial charge in [0.15, 0.2) is 6.61 Å². The molecule has 5 nitrogen and oxygen atoms in total. The fraction of sp³-hybridized carbons (Fsp3) is 0.364. The summed E-state index contributed by atoms with van der Waals surface area (Å²) in [5, 5.41) is 5.65. The van der Waals surface area contributed by atoms with E-state index in [0.717, 1.165) is 18.4 Å². The molecule has 2 N–H and O–H groups in total. The number of unbranched alkanes of at least 4 members (excludes halogenated alkanes) is 1. The van der Waals surface area contributed by atoms with E-state index < -0.39 is 0 Å². The molecule has 0 atom stereocenters. The molecule has 2 amide bonds. The molecule has 0 spiro atoms. The SMILES string of the molecule is CCCCNC(=O)c1ccccc1NC(=O)COc1ccccc1C(C)C. The Bertz CT molecular complexity index is 772. The fourth-order valence-corrected chi connectivity index (χ4v) is 2.68. The zero-order valence-electron chi connectivity index (χ0n) is 16.2. The predicted molar refractivity (Wildman–Crippen MR) is 108 cm³/mol. The molecule has 0 fully saturated rings. The maximum atomic E-state index is 12.3. The van der Waals surface area contributed by atoms with Gasteiger partial charge in [0.2, 0.25) is 0 Å². The lowest BCUT2D eigenvalue weighted by Gasteiger charge is -2.14. The van der Waals surface area contributed by atoms with E-state index in [2.05, 4.69) is 31.4 Å². The van der Waals surface area contributed by atoms with Crippen molar-refractivity contribution < 1.29 is 14.3 Å². The van der Waals surface area contributed by atoms with Gasteiger partial charge < -0.3 is 15.4 Å². The molecule has 0 saturated carbocycles. The van der Waals surface area contributed by atoms with Crippen molar-refractivity contribution in [2.24, 2.45) is 0 Å². The van der Waals surface area contributed by atoms with Gasteiger partial charge in [-0.1, -0.05) is 57.5 Å². The number of amides is 2. The van der Waals surface area contributed by atoms with Crippen molar-refractivity contribution in [3.8, 4) is 5.75 Å². The highest BCUT2D eigenvalue weighted by Crippen LogP contribution is 2.25. The predicted octanol–water partition coefficient (Wildman–Crippen LogP) is 4.36. The van der Waals surface area contributed by atoms with E-state index in [1.165, 1.54) is 0 Å². The van der Waals surface area contributed by atoms with E-state index in [-0.39, 0.29) is 18.4 Å². The van der Waals surface area contributed by atoms with Crippen molar-refractivity contribution in [2.75, 3.05) is 18.5 Å². The number of hydrogen-bond acceptors (Lipinski definition) is 3. The van der Waals surface area contributed by atoms with Gasteiger partial charge in [0, 0.05) is 6.54 Å². The number of para-hydroxylation sites is 2. The molecule has 0 radical (unpaired) electrons. The number of anilines is 1. The van der Waals surface area contributed by atoms with Crippen LogP contribution in [0.2, 0.25) is 0 Å². The molecule has 5 heteroatoms. The minimum atomic E-state index is -0.303. The van der Waals surface area contributed by atoms with Crippen LogP contribution in [-0.4, -0.2) is 25.0 Å². The molecule has 0 aliphatic heterocycles. The highest BCUT2D eigenvalue weighted by atomic mass is 16.5. The number of nitrogens with one attached hydrogen (secondary N) is 2. The molecule has 0 aliphatic carbocycles. The fourth-order valence-electron chi connectivity index (χ4n) is 2.68. The van der Waals surface area contributed by atoms with E-state index in [4.69, 9.17) is 4.74 Å². The van der Waals surface area contributed by atoms with Gasteiger partial charge in [-0.15, -0.1) is 0 Å². The Morgan fingerprint density at radius 1 is 1.04 bits per heavy atom. The molecule has 0 aromatic heterocycles. The lowest BCUT2D eigenvalue weighted by Crippen LogP contribution is -2.27. The summed E-state index contributed by atoms with van der Waals surface area (Å²) in [4.78, 5) is 24.7. The molecular formula is C22H28N2O3. The van der Waals surface area contributed by atoms with Crippen molar-refractivity contribution in [3.05, 3.63) is 59.7 Å². The average molecular weight is 368 g/mol. The van der Waals surface area contributed by atoms with Crippen LogP contribution in [0.15, 0.2) is 48.5 Å². The summed E-state index contributed by atoms with van der Waals surface area (Å²) in [6.07, 6.45) is 1.93. The van der Waals surface area contributed by atoms with Crippen molar-refractivity contribution in [1.82, 2.24) is 5.32 Å². The standard InChI is InChI=1S/C22H28N2O3/c1-4-5-14-23-22(26)18-11-6-8-12-19(18)24-21(25)15-27-20-13-9-7-10-17(20)16(2)3/h6-13,16H,4-5,14-15H2,1-3H3,(H,23,26)(H,24,25). The largest absolute Gasteiger partial charge is 0.483 e. The summed E-state index contributed by atoms with van der Waals surface area (Å²) < 4.78 is 5.70. The Labute approximate surface area is 161 Å². The van der Waals surface area contributed by atoms with Crippen LogP contribution in [0.4, 0.5) is 5.69 Å². The number of hydrogen-bond donors (Lipinski definition) is 2. The summed E-state index contributed by atoms with van der Waals surface area (Å²) >= 11 is 0. The van der Waals surface area contributed by atoms with Crippen LogP contribution >= 0.6 is 0 Å². The van der Waals surface area contributed by atoms with Crippen LogP contribution in [0.5, 0.6) is 5.75 Å². The maximum Gasteiger partial charge on any atom is 0.262 e. The second-order valence-corrected chi connectivity index (χ2v) is 6.68. The number of ether oxygens (including phenoxy) is 1. The number of benzene rings is 2. The summed E-state index contributed by atoms with van der Waals surface area (Å²) in [5.41, 5.74) is 1.99. The summed E-state index contributed by atoms with van der Waals surface area (Å²) in [7, 11) is 0. The third-order valence-electron chi connectivity index (χ3n) is 4.16. The van der Waals surface area contributed by atoms with Gasteiger partial charge in [0.05, 0.1) is 11.3 Å². The Morgan fingerprint density at radius 2 is 1.74 bits per heavy atom. The molecular weight excluding hydrogens is 340 g/mol. The third-order valence-corrected chi connectivity index (χ3v) is 4.16. The Hall–Kier alpha value is -2.82. The highest BCUT2D eigenvalue weighted by Gasteiger charge is 2.14. The quantitative estimate of drug-likeness (QED) is 0.646. The Balaban J connectivity index is 1.99. The van der Waals surface area contributed by atoms with Crippen LogP contribution < -0.4 is 15.4 Å². The molecule has 0 bridgehead atoms. The zero-order chi connectivity index (χ0) is 19.6. The van der Waals surface area contributed by atoms with Gasteiger partial charge in [-0.3, -0.25) is 9.59 Å². The molecule has 27 heavy (non-hydrogen) atoms. The van der Waals surface area contributed by atoms with Gasteiger partial charge in [0.1, 0.15) is 5.75 Å². The molecule has 0 saturated heterocycles. The van der Waals surface area contributed by atoms with E-state index in [1.807, 2.05) is 24.3 Å². The Morgan fingerprint density at radius 3 is 2.48 bits per heavy atom. The molecule has 2 aromatic rings.